The highest BCUT2D eigenvalue weighted by atomic mass is 32.2. The lowest BCUT2D eigenvalue weighted by Gasteiger charge is -2.19. The van der Waals surface area contributed by atoms with E-state index in [0.717, 1.165) is 16.8 Å². The normalized spacial score (nSPS) is 13.4. The zero-order valence-electron chi connectivity index (χ0n) is 18.1. The molecule has 0 unspecified atom stereocenters. The van der Waals surface area contributed by atoms with E-state index in [2.05, 4.69) is 0 Å². The molecule has 1 aliphatic rings. The van der Waals surface area contributed by atoms with Crippen LogP contribution in [0.2, 0.25) is 0 Å². The Kier molecular flexibility index (Phi) is 7.12. The summed E-state index contributed by atoms with van der Waals surface area (Å²) in [6, 6.07) is 12.0. The maximum atomic E-state index is 12.8. The van der Waals surface area contributed by atoms with Crippen molar-refractivity contribution in [3.63, 3.8) is 0 Å². The van der Waals surface area contributed by atoms with Crippen LogP contribution in [-0.2, 0) is 32.4 Å². The van der Waals surface area contributed by atoms with Crippen molar-refractivity contribution in [2.45, 2.75) is 38.0 Å². The summed E-state index contributed by atoms with van der Waals surface area (Å²) in [6.45, 7) is 5.06. The van der Waals surface area contributed by atoms with Crippen molar-refractivity contribution >= 4 is 27.6 Å². The first-order valence-electron chi connectivity index (χ1n) is 10.4. The lowest BCUT2D eigenvalue weighted by Crippen LogP contribution is -2.30. The number of hydrogen-bond donors (Lipinski definition) is 0. The molecule has 166 valence electrons. The number of ether oxygens (including phenoxy) is 1. The summed E-state index contributed by atoms with van der Waals surface area (Å²) in [5.74, 6) is -0.386. The standard InChI is InChI=1S/C23H28N2O5S/c1-4-24(5-2)31(28,29)20-10-6-17(7-11-20)8-13-22(26)25-15-14-18-16-19(23(27)30-3)9-12-21(18)25/h6-7,9-12,16H,4-5,8,13-15H2,1-3H3. The van der Waals surface area contributed by atoms with Crippen LogP contribution in [0.4, 0.5) is 5.69 Å². The Hall–Kier alpha value is -2.71. The van der Waals surface area contributed by atoms with Gasteiger partial charge in [-0.2, -0.15) is 4.31 Å². The number of nitrogens with zero attached hydrogens (tertiary/aromatic N) is 2. The van der Waals surface area contributed by atoms with Crippen LogP contribution in [0.25, 0.3) is 0 Å². The molecule has 2 aromatic rings. The molecule has 31 heavy (non-hydrogen) atoms. The molecule has 0 fully saturated rings. The molecule has 0 bridgehead atoms. The summed E-state index contributed by atoms with van der Waals surface area (Å²) < 4.78 is 31.3. The Morgan fingerprint density at radius 1 is 1.06 bits per heavy atom. The fraction of sp³-hybridized carbons (Fsp3) is 0.391. The largest absolute Gasteiger partial charge is 0.465 e. The lowest BCUT2D eigenvalue weighted by molar-refractivity contribution is -0.118. The number of rotatable bonds is 8. The molecule has 1 amide bonds. The van der Waals surface area contributed by atoms with E-state index in [1.807, 2.05) is 13.8 Å². The van der Waals surface area contributed by atoms with Gasteiger partial charge in [-0.05, 0) is 54.3 Å². The summed E-state index contributed by atoms with van der Waals surface area (Å²) in [4.78, 5) is 26.5. The highest BCUT2D eigenvalue weighted by Gasteiger charge is 2.26. The predicted octanol–water partition coefficient (Wildman–Crippen LogP) is 3.03. The first-order chi connectivity index (χ1) is 14.8. The molecule has 0 N–H and O–H groups in total. The summed E-state index contributed by atoms with van der Waals surface area (Å²) >= 11 is 0. The summed E-state index contributed by atoms with van der Waals surface area (Å²) in [6.07, 6.45) is 1.54. The minimum atomic E-state index is -3.48. The van der Waals surface area contributed by atoms with Gasteiger partial charge in [0.15, 0.2) is 0 Å². The minimum absolute atomic E-state index is 0.00408. The van der Waals surface area contributed by atoms with Crippen molar-refractivity contribution in [3.8, 4) is 0 Å². The van der Waals surface area contributed by atoms with Crippen LogP contribution in [0, 0.1) is 0 Å². The monoisotopic (exact) mass is 444 g/mol. The third-order valence-electron chi connectivity index (χ3n) is 5.59. The third-order valence-corrected chi connectivity index (χ3v) is 7.66. The second-order valence-corrected chi connectivity index (χ2v) is 9.30. The van der Waals surface area contributed by atoms with Crippen molar-refractivity contribution in [3.05, 3.63) is 59.2 Å². The number of fused-ring (bicyclic) bond motifs is 1. The number of esters is 1. The maximum Gasteiger partial charge on any atom is 0.337 e. The second kappa shape index (κ2) is 9.62. The van der Waals surface area contributed by atoms with E-state index in [4.69, 9.17) is 4.74 Å². The van der Waals surface area contributed by atoms with Crippen LogP contribution in [0.3, 0.4) is 0 Å². The zero-order chi connectivity index (χ0) is 22.6. The van der Waals surface area contributed by atoms with Crippen molar-refractivity contribution < 1.29 is 22.7 Å². The molecule has 0 atom stereocenters. The fourth-order valence-corrected chi connectivity index (χ4v) is 5.29. The highest BCUT2D eigenvalue weighted by Crippen LogP contribution is 2.30. The van der Waals surface area contributed by atoms with Crippen LogP contribution >= 0.6 is 0 Å². The van der Waals surface area contributed by atoms with Gasteiger partial charge in [0.1, 0.15) is 0 Å². The van der Waals surface area contributed by atoms with Crippen molar-refractivity contribution in [2.24, 2.45) is 0 Å². The SMILES string of the molecule is CCN(CC)S(=O)(=O)c1ccc(CCC(=O)N2CCc3cc(C(=O)OC)ccc32)cc1. The molecule has 0 aromatic heterocycles. The number of amides is 1. The van der Waals surface area contributed by atoms with Gasteiger partial charge in [-0.15, -0.1) is 0 Å². The van der Waals surface area contributed by atoms with Crippen molar-refractivity contribution in [1.29, 1.82) is 0 Å². The lowest BCUT2D eigenvalue weighted by atomic mass is 10.1. The van der Waals surface area contributed by atoms with E-state index in [0.29, 0.717) is 44.5 Å². The third kappa shape index (κ3) is 4.80. The predicted molar refractivity (Wildman–Crippen MR) is 119 cm³/mol. The molecule has 7 nitrogen and oxygen atoms in total. The molecule has 0 saturated heterocycles. The number of benzene rings is 2. The molecule has 0 aliphatic carbocycles. The average Bonchev–Trinajstić information content (AvgIpc) is 3.21. The Balaban J connectivity index is 1.64. The van der Waals surface area contributed by atoms with Gasteiger partial charge in [-0.25, -0.2) is 13.2 Å². The van der Waals surface area contributed by atoms with Crippen LogP contribution in [0.5, 0.6) is 0 Å². The Morgan fingerprint density at radius 2 is 1.74 bits per heavy atom. The molecule has 2 aromatic carbocycles. The molecular weight excluding hydrogens is 416 g/mol. The first-order valence-corrected chi connectivity index (χ1v) is 11.9. The van der Waals surface area contributed by atoms with E-state index < -0.39 is 10.0 Å². The molecule has 1 heterocycles. The van der Waals surface area contributed by atoms with E-state index in [-0.39, 0.29) is 16.8 Å². The van der Waals surface area contributed by atoms with E-state index >= 15 is 0 Å². The fourth-order valence-electron chi connectivity index (χ4n) is 3.83. The molecule has 0 saturated carbocycles. The average molecular weight is 445 g/mol. The molecule has 3 rings (SSSR count). The quantitative estimate of drug-likeness (QED) is 0.585. The highest BCUT2D eigenvalue weighted by molar-refractivity contribution is 7.89. The Morgan fingerprint density at radius 3 is 2.35 bits per heavy atom. The molecule has 1 aliphatic heterocycles. The van der Waals surface area contributed by atoms with Gasteiger partial charge in [0, 0.05) is 31.7 Å². The second-order valence-electron chi connectivity index (χ2n) is 7.36. The molecular formula is C23H28N2O5S. The number of anilines is 1. The van der Waals surface area contributed by atoms with Crippen LogP contribution in [0.15, 0.2) is 47.4 Å². The molecule has 0 spiro atoms. The summed E-state index contributed by atoms with van der Waals surface area (Å²) in [7, 11) is -2.14. The first kappa shape index (κ1) is 23.0. The van der Waals surface area contributed by atoms with E-state index in [1.165, 1.54) is 11.4 Å². The van der Waals surface area contributed by atoms with Gasteiger partial charge in [0.05, 0.1) is 17.6 Å². The van der Waals surface area contributed by atoms with Crippen LogP contribution < -0.4 is 4.90 Å². The number of sulfonamides is 1. The van der Waals surface area contributed by atoms with E-state index in [9.17, 15) is 18.0 Å². The summed E-state index contributed by atoms with van der Waals surface area (Å²) in [5, 5.41) is 0. The Bertz CT molecular complexity index is 1060. The van der Waals surface area contributed by atoms with Crippen LogP contribution in [-0.4, -0.2) is 51.3 Å². The number of methoxy groups -OCH3 is 1. The Labute approximate surface area is 183 Å². The number of carbonyl (C=O) groups excluding carboxylic acids is 2. The number of carbonyl (C=O) groups is 2. The summed E-state index contributed by atoms with van der Waals surface area (Å²) in [5.41, 5.74) is 3.18. The maximum absolute atomic E-state index is 12.8. The topological polar surface area (TPSA) is 84.0 Å². The van der Waals surface area contributed by atoms with Gasteiger partial charge >= 0.3 is 5.97 Å². The van der Waals surface area contributed by atoms with Gasteiger partial charge in [0.2, 0.25) is 15.9 Å². The van der Waals surface area contributed by atoms with Gasteiger partial charge in [-0.3, -0.25) is 4.79 Å². The van der Waals surface area contributed by atoms with Crippen LogP contribution in [0.1, 0.15) is 41.8 Å². The van der Waals surface area contributed by atoms with Gasteiger partial charge in [-0.1, -0.05) is 26.0 Å². The smallest absolute Gasteiger partial charge is 0.337 e. The van der Waals surface area contributed by atoms with Gasteiger partial charge in [0.25, 0.3) is 0 Å². The minimum Gasteiger partial charge on any atom is -0.465 e. The molecule has 8 heteroatoms. The molecule has 0 radical (unpaired) electrons. The van der Waals surface area contributed by atoms with Crippen molar-refractivity contribution in [1.82, 2.24) is 4.31 Å². The number of hydrogen-bond acceptors (Lipinski definition) is 5. The van der Waals surface area contributed by atoms with Crippen molar-refractivity contribution in [2.75, 3.05) is 31.6 Å². The zero-order valence-corrected chi connectivity index (χ0v) is 18.9. The number of aryl methyl sites for hydroxylation is 1. The van der Waals surface area contributed by atoms with E-state index in [1.54, 1.807) is 47.4 Å². The van der Waals surface area contributed by atoms with Gasteiger partial charge < -0.3 is 9.64 Å².